The van der Waals surface area contributed by atoms with E-state index in [1.165, 1.54) is 17.8 Å². The molecule has 2 aliphatic heterocycles. The van der Waals surface area contributed by atoms with E-state index in [0.717, 1.165) is 69.5 Å². The number of aromatic nitrogens is 2. The highest BCUT2D eigenvalue weighted by atomic mass is 15.1. The summed E-state index contributed by atoms with van der Waals surface area (Å²) in [6.45, 7) is 13.4. The zero-order chi connectivity index (χ0) is 26.3. The predicted molar refractivity (Wildman–Crippen MR) is 157 cm³/mol. The van der Waals surface area contributed by atoms with Crippen molar-refractivity contribution < 1.29 is 0 Å². The van der Waals surface area contributed by atoms with Gasteiger partial charge in [0.05, 0.1) is 11.4 Å². The molecule has 36 heavy (non-hydrogen) atoms. The standard InChI is InChI=1S/C15H21N3.C7H11N.C7H9N.C2H6/c1-2-11-18(12-14-7-3-5-9-16-14)13-15-8-4-6-10-17-15;2*1-2-7-5-3-4-6-8-7;1-2/h3,5,7-10H,2,4,6,11-13H2,1H3;5-6H,2-4H2,1H3;3-6H,2H2,1H3;1-2H3. The summed E-state index contributed by atoms with van der Waals surface area (Å²) >= 11 is 0. The molecule has 0 atom stereocenters. The summed E-state index contributed by atoms with van der Waals surface area (Å²) in [6, 6.07) is 12.1. The fourth-order valence-corrected chi connectivity index (χ4v) is 3.55. The van der Waals surface area contributed by atoms with E-state index in [0.29, 0.717) is 0 Å². The van der Waals surface area contributed by atoms with Crippen molar-refractivity contribution in [2.45, 2.75) is 86.1 Å². The number of pyridine rings is 2. The van der Waals surface area contributed by atoms with E-state index < -0.39 is 0 Å². The number of hydrogen-bond acceptors (Lipinski definition) is 5. The van der Waals surface area contributed by atoms with Gasteiger partial charge in [0.1, 0.15) is 0 Å². The minimum Gasteiger partial charge on any atom is -0.292 e. The second-order valence-corrected chi connectivity index (χ2v) is 8.23. The van der Waals surface area contributed by atoms with Crippen molar-refractivity contribution in [2.75, 3.05) is 13.1 Å². The average molecular weight is 490 g/mol. The predicted octanol–water partition coefficient (Wildman–Crippen LogP) is 7.86. The van der Waals surface area contributed by atoms with Crippen LogP contribution in [0.1, 0.15) is 84.5 Å². The smallest absolute Gasteiger partial charge is 0.0544 e. The Balaban J connectivity index is 0.000000298. The minimum atomic E-state index is 0.904. The highest BCUT2D eigenvalue weighted by Crippen LogP contribution is 2.11. The van der Waals surface area contributed by atoms with Crippen LogP contribution in [0.4, 0.5) is 0 Å². The Morgan fingerprint density at radius 3 is 1.64 bits per heavy atom. The Morgan fingerprint density at radius 1 is 0.667 bits per heavy atom. The molecule has 0 saturated heterocycles. The van der Waals surface area contributed by atoms with E-state index in [4.69, 9.17) is 0 Å². The summed E-state index contributed by atoms with van der Waals surface area (Å²) in [5.74, 6) is 0. The molecule has 2 aromatic heterocycles. The summed E-state index contributed by atoms with van der Waals surface area (Å²) in [5.41, 5.74) is 4.74. The second-order valence-electron chi connectivity index (χ2n) is 8.23. The molecule has 0 aromatic carbocycles. The maximum Gasteiger partial charge on any atom is 0.0544 e. The van der Waals surface area contributed by atoms with Gasteiger partial charge >= 0.3 is 0 Å². The number of aliphatic imine (C=N–C) groups is 2. The van der Waals surface area contributed by atoms with Crippen LogP contribution in [-0.4, -0.2) is 40.4 Å². The molecule has 5 heteroatoms. The third-order valence-electron chi connectivity index (χ3n) is 5.35. The molecule has 5 nitrogen and oxygen atoms in total. The molecule has 0 saturated carbocycles. The summed E-state index contributed by atoms with van der Waals surface area (Å²) in [7, 11) is 0. The van der Waals surface area contributed by atoms with Crippen LogP contribution in [0.3, 0.4) is 0 Å². The van der Waals surface area contributed by atoms with Gasteiger partial charge in [-0.1, -0.05) is 58.9 Å². The van der Waals surface area contributed by atoms with Crippen molar-refractivity contribution in [3.8, 4) is 0 Å². The van der Waals surface area contributed by atoms with Crippen molar-refractivity contribution >= 4 is 12.4 Å². The number of nitrogens with zero attached hydrogens (tertiary/aromatic N) is 5. The average Bonchev–Trinajstić information content (AvgIpc) is 2.97. The van der Waals surface area contributed by atoms with E-state index >= 15 is 0 Å². The lowest BCUT2D eigenvalue weighted by Crippen LogP contribution is -2.27. The molecule has 0 fully saturated rings. The fourth-order valence-electron chi connectivity index (χ4n) is 3.55. The highest BCUT2D eigenvalue weighted by Gasteiger charge is 2.09. The Labute approximate surface area is 220 Å². The van der Waals surface area contributed by atoms with E-state index in [9.17, 15) is 0 Å². The fraction of sp³-hybridized carbons (Fsp3) is 0.484. The maximum absolute atomic E-state index is 4.47. The van der Waals surface area contributed by atoms with Crippen LogP contribution in [-0.2, 0) is 13.0 Å². The first-order chi connectivity index (χ1) is 17.7. The summed E-state index contributed by atoms with van der Waals surface area (Å²) in [6.07, 6.45) is 20.0. The van der Waals surface area contributed by atoms with Gasteiger partial charge in [0.15, 0.2) is 0 Å². The largest absolute Gasteiger partial charge is 0.292 e. The lowest BCUT2D eigenvalue weighted by Gasteiger charge is -2.22. The quantitative estimate of drug-likeness (QED) is 0.379. The lowest BCUT2D eigenvalue weighted by molar-refractivity contribution is 0.284. The molecule has 0 N–H and O–H groups in total. The van der Waals surface area contributed by atoms with Crippen LogP contribution in [0.25, 0.3) is 0 Å². The molecule has 0 bridgehead atoms. The van der Waals surface area contributed by atoms with Gasteiger partial charge < -0.3 is 0 Å². The number of rotatable bonds is 8. The van der Waals surface area contributed by atoms with Crippen molar-refractivity contribution in [1.29, 1.82) is 0 Å². The zero-order valence-electron chi connectivity index (χ0n) is 23.2. The molecule has 0 spiro atoms. The van der Waals surface area contributed by atoms with Crippen LogP contribution >= 0.6 is 0 Å². The van der Waals surface area contributed by atoms with Crippen molar-refractivity contribution in [3.05, 3.63) is 83.7 Å². The zero-order valence-corrected chi connectivity index (χ0v) is 23.2. The van der Waals surface area contributed by atoms with E-state index in [1.807, 2.05) is 69.0 Å². The van der Waals surface area contributed by atoms with Crippen LogP contribution in [0, 0.1) is 0 Å². The van der Waals surface area contributed by atoms with Gasteiger partial charge in [-0.05, 0) is 75.8 Å². The Kier molecular flexibility index (Phi) is 18.5. The topological polar surface area (TPSA) is 53.7 Å². The van der Waals surface area contributed by atoms with Gasteiger partial charge in [-0.2, -0.15) is 0 Å². The van der Waals surface area contributed by atoms with Crippen LogP contribution in [0.5, 0.6) is 0 Å². The monoisotopic (exact) mass is 489 g/mol. The third-order valence-corrected chi connectivity index (χ3v) is 5.35. The van der Waals surface area contributed by atoms with Gasteiger partial charge in [-0.25, -0.2) is 0 Å². The van der Waals surface area contributed by atoms with Gasteiger partial charge in [-0.15, -0.1) is 0 Å². The van der Waals surface area contributed by atoms with Gasteiger partial charge in [-0.3, -0.25) is 24.9 Å². The van der Waals surface area contributed by atoms with E-state index in [1.54, 1.807) is 0 Å². The number of allylic oxidation sites excluding steroid dienone is 3. The van der Waals surface area contributed by atoms with E-state index in [2.05, 4.69) is 63.8 Å². The van der Waals surface area contributed by atoms with Crippen LogP contribution in [0.15, 0.2) is 82.3 Å². The first-order valence-corrected chi connectivity index (χ1v) is 13.7. The lowest BCUT2D eigenvalue weighted by atomic mass is 10.2. The summed E-state index contributed by atoms with van der Waals surface area (Å²) < 4.78 is 0. The molecule has 4 rings (SSSR count). The molecule has 0 radical (unpaired) electrons. The Morgan fingerprint density at radius 2 is 1.25 bits per heavy atom. The van der Waals surface area contributed by atoms with Crippen LogP contribution in [0.2, 0.25) is 0 Å². The second kappa shape index (κ2) is 21.4. The van der Waals surface area contributed by atoms with Gasteiger partial charge in [0.2, 0.25) is 0 Å². The van der Waals surface area contributed by atoms with Gasteiger partial charge in [0, 0.05) is 49.3 Å². The van der Waals surface area contributed by atoms with Crippen LogP contribution < -0.4 is 0 Å². The van der Waals surface area contributed by atoms with E-state index in [-0.39, 0.29) is 0 Å². The van der Waals surface area contributed by atoms with Crippen molar-refractivity contribution in [2.24, 2.45) is 9.98 Å². The Bertz CT molecular complexity index is 901. The molecule has 2 aromatic rings. The van der Waals surface area contributed by atoms with Gasteiger partial charge in [0.25, 0.3) is 0 Å². The molecule has 0 amide bonds. The first kappa shape index (κ1) is 31.1. The van der Waals surface area contributed by atoms with Crippen molar-refractivity contribution in [1.82, 2.24) is 14.9 Å². The molecule has 0 aliphatic carbocycles. The molecule has 2 aliphatic rings. The van der Waals surface area contributed by atoms with Crippen molar-refractivity contribution in [3.63, 3.8) is 0 Å². The first-order valence-electron chi connectivity index (χ1n) is 13.7. The third kappa shape index (κ3) is 14.5. The SMILES string of the molecule is CC.CCC1=CCCC=N1.CCCN(CC1=CCCC=N1)Cc1ccccn1.CCc1ccccn1. The minimum absolute atomic E-state index is 0.904. The maximum atomic E-state index is 4.47. The number of aryl methyl sites for hydroxylation is 1. The summed E-state index contributed by atoms with van der Waals surface area (Å²) in [4.78, 5) is 19.6. The molecule has 4 heterocycles. The molecular formula is C31H47N5. The molecule has 196 valence electrons. The Hall–Kier alpha value is -2.92. The number of hydrogen-bond donors (Lipinski definition) is 0. The highest BCUT2D eigenvalue weighted by molar-refractivity contribution is 5.61. The molecular weight excluding hydrogens is 442 g/mol. The molecule has 0 unspecified atom stereocenters. The normalized spacial score (nSPS) is 13.7. The summed E-state index contributed by atoms with van der Waals surface area (Å²) in [5, 5.41) is 0.